The standard InChI is InChI=1S/C12H15F2NO2S/c1-18(16,17)12-10(13)5-9(6-11(12)14)8-3-2-4-15-7-8/h5-6,8,15H,2-4,7H2,1H3. The van der Waals surface area contributed by atoms with Crippen LogP contribution in [0.3, 0.4) is 0 Å². The highest BCUT2D eigenvalue weighted by Gasteiger charge is 2.23. The van der Waals surface area contributed by atoms with Gasteiger partial charge in [-0.3, -0.25) is 0 Å². The van der Waals surface area contributed by atoms with Crippen LogP contribution in [0.5, 0.6) is 0 Å². The third-order valence-corrected chi connectivity index (χ3v) is 4.29. The molecule has 1 aliphatic heterocycles. The summed E-state index contributed by atoms with van der Waals surface area (Å²) in [6.07, 6.45) is 2.60. The van der Waals surface area contributed by atoms with Gasteiger partial charge in [-0.2, -0.15) is 0 Å². The molecule has 1 unspecified atom stereocenters. The van der Waals surface area contributed by atoms with Crippen LogP contribution in [0, 0.1) is 11.6 Å². The molecule has 0 saturated carbocycles. The summed E-state index contributed by atoms with van der Waals surface area (Å²) in [5, 5.41) is 3.15. The monoisotopic (exact) mass is 275 g/mol. The van der Waals surface area contributed by atoms with Gasteiger partial charge in [0.25, 0.3) is 0 Å². The van der Waals surface area contributed by atoms with Crippen LogP contribution in [0.4, 0.5) is 8.78 Å². The van der Waals surface area contributed by atoms with Crippen molar-refractivity contribution in [2.24, 2.45) is 0 Å². The molecular weight excluding hydrogens is 260 g/mol. The van der Waals surface area contributed by atoms with E-state index in [1.54, 1.807) is 0 Å². The Kier molecular flexibility index (Phi) is 3.68. The quantitative estimate of drug-likeness (QED) is 0.895. The predicted octanol–water partition coefficient (Wildman–Crippen LogP) is 1.84. The second kappa shape index (κ2) is 4.93. The first-order valence-corrected chi connectivity index (χ1v) is 7.68. The van der Waals surface area contributed by atoms with E-state index in [4.69, 9.17) is 0 Å². The number of sulfone groups is 1. The average molecular weight is 275 g/mol. The van der Waals surface area contributed by atoms with E-state index in [1.807, 2.05) is 0 Å². The fourth-order valence-corrected chi connectivity index (χ4v) is 3.13. The van der Waals surface area contributed by atoms with Gasteiger partial charge in [0.15, 0.2) is 9.84 Å². The molecule has 6 heteroatoms. The van der Waals surface area contributed by atoms with Crippen molar-refractivity contribution in [2.75, 3.05) is 19.3 Å². The van der Waals surface area contributed by atoms with E-state index in [1.165, 1.54) is 0 Å². The molecule has 2 rings (SSSR count). The summed E-state index contributed by atoms with van der Waals surface area (Å²) in [7, 11) is -3.88. The van der Waals surface area contributed by atoms with Gasteiger partial charge >= 0.3 is 0 Å². The lowest BCUT2D eigenvalue weighted by molar-refractivity contribution is 0.453. The van der Waals surface area contributed by atoms with Crippen LogP contribution in [-0.4, -0.2) is 27.8 Å². The molecule has 3 nitrogen and oxygen atoms in total. The number of hydrogen-bond donors (Lipinski definition) is 1. The molecule has 0 amide bonds. The van der Waals surface area contributed by atoms with Crippen LogP contribution in [0.1, 0.15) is 24.3 Å². The summed E-state index contributed by atoms with van der Waals surface area (Å²) in [6, 6.07) is 2.27. The Bertz CT molecular complexity index is 528. The molecule has 1 fully saturated rings. The van der Waals surface area contributed by atoms with E-state index in [0.29, 0.717) is 12.1 Å². The molecule has 1 aromatic carbocycles. The number of hydrogen-bond acceptors (Lipinski definition) is 3. The zero-order valence-corrected chi connectivity index (χ0v) is 10.9. The topological polar surface area (TPSA) is 46.2 Å². The summed E-state index contributed by atoms with van der Waals surface area (Å²) in [6.45, 7) is 1.57. The van der Waals surface area contributed by atoms with Gasteiger partial charge in [0.1, 0.15) is 16.5 Å². The summed E-state index contributed by atoms with van der Waals surface area (Å²) in [4.78, 5) is -0.838. The number of nitrogens with one attached hydrogen (secondary N) is 1. The number of rotatable bonds is 2. The lowest BCUT2D eigenvalue weighted by atomic mass is 9.91. The lowest BCUT2D eigenvalue weighted by Gasteiger charge is -2.23. The van der Waals surface area contributed by atoms with Gasteiger partial charge in [0.2, 0.25) is 0 Å². The van der Waals surface area contributed by atoms with Crippen molar-refractivity contribution < 1.29 is 17.2 Å². The number of benzene rings is 1. The molecule has 1 aliphatic rings. The van der Waals surface area contributed by atoms with Crippen molar-refractivity contribution in [3.05, 3.63) is 29.3 Å². The zero-order chi connectivity index (χ0) is 13.3. The molecule has 0 spiro atoms. The van der Waals surface area contributed by atoms with Crippen LogP contribution in [-0.2, 0) is 9.84 Å². The van der Waals surface area contributed by atoms with Gasteiger partial charge in [-0.25, -0.2) is 17.2 Å². The van der Waals surface area contributed by atoms with Crippen LogP contribution >= 0.6 is 0 Å². The summed E-state index contributed by atoms with van der Waals surface area (Å²) >= 11 is 0. The van der Waals surface area contributed by atoms with Gasteiger partial charge in [0, 0.05) is 12.8 Å². The first-order chi connectivity index (χ1) is 8.39. The normalized spacial score (nSPS) is 20.9. The highest BCUT2D eigenvalue weighted by molar-refractivity contribution is 7.90. The highest BCUT2D eigenvalue weighted by Crippen LogP contribution is 2.28. The van der Waals surface area contributed by atoms with Crippen molar-refractivity contribution in [3.63, 3.8) is 0 Å². The Balaban J connectivity index is 2.42. The second-order valence-corrected chi connectivity index (χ2v) is 6.58. The molecule has 1 atom stereocenters. The molecule has 1 heterocycles. The Morgan fingerprint density at radius 1 is 1.28 bits per heavy atom. The maximum absolute atomic E-state index is 13.7. The minimum atomic E-state index is -3.88. The Morgan fingerprint density at radius 2 is 1.89 bits per heavy atom. The molecule has 1 saturated heterocycles. The van der Waals surface area contributed by atoms with Crippen LogP contribution in [0.15, 0.2) is 17.0 Å². The minimum absolute atomic E-state index is 0.0383. The fourth-order valence-electron chi connectivity index (χ4n) is 2.31. The summed E-state index contributed by atoms with van der Waals surface area (Å²) in [5.74, 6) is -1.97. The van der Waals surface area contributed by atoms with Gasteiger partial charge in [0.05, 0.1) is 0 Å². The average Bonchev–Trinajstić information content (AvgIpc) is 2.27. The first-order valence-electron chi connectivity index (χ1n) is 5.79. The smallest absolute Gasteiger partial charge is 0.181 e. The Hall–Kier alpha value is -1.01. The predicted molar refractivity (Wildman–Crippen MR) is 64.3 cm³/mol. The van der Waals surface area contributed by atoms with Crippen molar-refractivity contribution in [1.29, 1.82) is 0 Å². The molecule has 1 N–H and O–H groups in total. The highest BCUT2D eigenvalue weighted by atomic mass is 32.2. The van der Waals surface area contributed by atoms with Gasteiger partial charge in [-0.15, -0.1) is 0 Å². The largest absolute Gasteiger partial charge is 0.316 e. The maximum Gasteiger partial charge on any atom is 0.181 e. The van der Waals surface area contributed by atoms with Gasteiger partial charge in [-0.1, -0.05) is 0 Å². The number of piperidine rings is 1. The molecule has 0 aromatic heterocycles. The molecular formula is C12H15F2NO2S. The lowest BCUT2D eigenvalue weighted by Crippen LogP contribution is -2.28. The molecule has 0 aliphatic carbocycles. The van der Waals surface area contributed by atoms with Gasteiger partial charge in [-0.05, 0) is 43.0 Å². The summed E-state index contributed by atoms with van der Waals surface area (Å²) in [5.41, 5.74) is 0.518. The van der Waals surface area contributed by atoms with E-state index in [0.717, 1.165) is 37.8 Å². The van der Waals surface area contributed by atoms with Crippen LogP contribution in [0.2, 0.25) is 0 Å². The van der Waals surface area contributed by atoms with Crippen molar-refractivity contribution >= 4 is 9.84 Å². The summed E-state index contributed by atoms with van der Waals surface area (Å²) < 4.78 is 50.0. The zero-order valence-electron chi connectivity index (χ0n) is 10.0. The van der Waals surface area contributed by atoms with E-state index in [2.05, 4.69) is 5.32 Å². The Morgan fingerprint density at radius 3 is 2.33 bits per heavy atom. The molecule has 0 bridgehead atoms. The SMILES string of the molecule is CS(=O)(=O)c1c(F)cc(C2CCCNC2)cc1F. The number of halogens is 2. The molecule has 1 aromatic rings. The fraction of sp³-hybridized carbons (Fsp3) is 0.500. The molecule has 100 valence electrons. The molecule has 0 radical (unpaired) electrons. The van der Waals surface area contributed by atoms with Crippen molar-refractivity contribution in [1.82, 2.24) is 5.32 Å². The van der Waals surface area contributed by atoms with Gasteiger partial charge < -0.3 is 5.32 Å². The third-order valence-electron chi connectivity index (χ3n) is 3.16. The van der Waals surface area contributed by atoms with Crippen LogP contribution < -0.4 is 5.32 Å². The third kappa shape index (κ3) is 2.70. The second-order valence-electron chi connectivity index (χ2n) is 4.63. The van der Waals surface area contributed by atoms with Crippen LogP contribution in [0.25, 0.3) is 0 Å². The van der Waals surface area contributed by atoms with E-state index in [9.17, 15) is 17.2 Å². The minimum Gasteiger partial charge on any atom is -0.316 e. The van der Waals surface area contributed by atoms with E-state index in [-0.39, 0.29) is 5.92 Å². The maximum atomic E-state index is 13.7. The first kappa shape index (κ1) is 13.4. The van der Waals surface area contributed by atoms with Crippen molar-refractivity contribution in [2.45, 2.75) is 23.7 Å². The molecule has 18 heavy (non-hydrogen) atoms. The van der Waals surface area contributed by atoms with Crippen molar-refractivity contribution in [3.8, 4) is 0 Å². The Labute approximate surface area is 105 Å². The van der Waals surface area contributed by atoms with E-state index < -0.39 is 26.4 Å². The van der Waals surface area contributed by atoms with E-state index >= 15 is 0 Å².